The molecule has 0 aromatic carbocycles. The number of hydrogen-bond donors (Lipinski definition) is 2. The first-order valence-corrected chi connectivity index (χ1v) is 8.99. The van der Waals surface area contributed by atoms with Gasteiger partial charge in [-0.2, -0.15) is 0 Å². The van der Waals surface area contributed by atoms with Gasteiger partial charge in [-0.15, -0.1) is 0 Å². The van der Waals surface area contributed by atoms with Crippen LogP contribution in [0.5, 0.6) is 0 Å². The number of rotatable bonds is 7. The van der Waals surface area contributed by atoms with Crippen LogP contribution in [0, 0.1) is 11.8 Å². The SMILES string of the molecule is C[C@@H](CC(=O)NCCNS(C)(=O)=O)C1CCCCC1. The molecular formula is C13H26N2O3S. The Labute approximate surface area is 116 Å². The third kappa shape index (κ3) is 7.52. The van der Waals surface area contributed by atoms with Gasteiger partial charge in [0.25, 0.3) is 0 Å². The van der Waals surface area contributed by atoms with Gasteiger partial charge in [-0.3, -0.25) is 4.79 Å². The van der Waals surface area contributed by atoms with E-state index in [0.29, 0.717) is 24.8 Å². The summed E-state index contributed by atoms with van der Waals surface area (Å²) in [6, 6.07) is 0. The lowest BCUT2D eigenvalue weighted by Gasteiger charge is -2.27. The van der Waals surface area contributed by atoms with Crippen molar-refractivity contribution in [2.75, 3.05) is 19.3 Å². The monoisotopic (exact) mass is 290 g/mol. The molecule has 0 bridgehead atoms. The Morgan fingerprint density at radius 3 is 2.42 bits per heavy atom. The van der Waals surface area contributed by atoms with Crippen LogP contribution in [0.3, 0.4) is 0 Å². The Morgan fingerprint density at radius 1 is 1.21 bits per heavy atom. The van der Waals surface area contributed by atoms with Crippen molar-refractivity contribution in [3.8, 4) is 0 Å². The number of amides is 1. The maximum atomic E-state index is 11.7. The van der Waals surface area contributed by atoms with Gasteiger partial charge in [0, 0.05) is 19.5 Å². The van der Waals surface area contributed by atoms with E-state index >= 15 is 0 Å². The lowest BCUT2D eigenvalue weighted by atomic mass is 9.79. The van der Waals surface area contributed by atoms with Crippen LogP contribution in [-0.4, -0.2) is 33.7 Å². The van der Waals surface area contributed by atoms with Crippen molar-refractivity contribution < 1.29 is 13.2 Å². The van der Waals surface area contributed by atoms with Crippen molar-refractivity contribution in [3.63, 3.8) is 0 Å². The molecule has 1 aliphatic carbocycles. The molecule has 0 radical (unpaired) electrons. The van der Waals surface area contributed by atoms with E-state index < -0.39 is 10.0 Å². The minimum atomic E-state index is -3.16. The van der Waals surface area contributed by atoms with E-state index in [1.807, 2.05) is 0 Å². The Morgan fingerprint density at radius 2 is 1.84 bits per heavy atom. The standard InChI is InChI=1S/C13H26N2O3S/c1-11(12-6-4-3-5-7-12)10-13(16)14-8-9-15-19(2,17)18/h11-12,15H,3-10H2,1-2H3,(H,14,16)/t11-/m0/s1. The van der Waals surface area contributed by atoms with Gasteiger partial charge < -0.3 is 5.32 Å². The molecule has 5 nitrogen and oxygen atoms in total. The largest absolute Gasteiger partial charge is 0.355 e. The lowest BCUT2D eigenvalue weighted by Crippen LogP contribution is -2.35. The number of nitrogens with one attached hydrogen (secondary N) is 2. The van der Waals surface area contributed by atoms with Crippen LogP contribution in [-0.2, 0) is 14.8 Å². The molecule has 1 rings (SSSR count). The molecule has 0 aliphatic heterocycles. The molecule has 2 N–H and O–H groups in total. The smallest absolute Gasteiger partial charge is 0.220 e. The summed E-state index contributed by atoms with van der Waals surface area (Å²) in [5, 5.41) is 2.76. The van der Waals surface area contributed by atoms with Crippen LogP contribution >= 0.6 is 0 Å². The summed E-state index contributed by atoms with van der Waals surface area (Å²) >= 11 is 0. The Balaban J connectivity index is 2.16. The van der Waals surface area contributed by atoms with Crippen molar-refractivity contribution in [2.24, 2.45) is 11.8 Å². The Hall–Kier alpha value is -0.620. The zero-order valence-corrected chi connectivity index (χ0v) is 12.8. The third-order valence-corrected chi connectivity index (χ3v) is 4.50. The van der Waals surface area contributed by atoms with Crippen LogP contribution < -0.4 is 10.0 Å². The Kier molecular flexibility index (Phi) is 6.79. The molecular weight excluding hydrogens is 264 g/mol. The van der Waals surface area contributed by atoms with Gasteiger partial charge in [-0.1, -0.05) is 39.0 Å². The molecule has 112 valence electrons. The van der Waals surface area contributed by atoms with Crippen LogP contribution in [0.4, 0.5) is 0 Å². The molecule has 1 amide bonds. The quantitative estimate of drug-likeness (QED) is 0.693. The van der Waals surface area contributed by atoms with Crippen LogP contribution in [0.25, 0.3) is 0 Å². The van der Waals surface area contributed by atoms with Crippen LogP contribution in [0.2, 0.25) is 0 Å². The number of carbonyl (C=O) groups excluding carboxylic acids is 1. The third-order valence-electron chi connectivity index (χ3n) is 3.77. The molecule has 0 unspecified atom stereocenters. The molecule has 1 fully saturated rings. The number of carbonyl (C=O) groups is 1. The maximum absolute atomic E-state index is 11.7. The average molecular weight is 290 g/mol. The second kappa shape index (κ2) is 7.85. The van der Waals surface area contributed by atoms with Crippen molar-refractivity contribution in [1.82, 2.24) is 10.0 Å². The first kappa shape index (κ1) is 16.4. The molecule has 0 spiro atoms. The predicted octanol–water partition coefficient (Wildman–Crippen LogP) is 1.26. The summed E-state index contributed by atoms with van der Waals surface area (Å²) in [5.41, 5.74) is 0. The molecule has 1 atom stereocenters. The molecule has 19 heavy (non-hydrogen) atoms. The molecule has 0 heterocycles. The molecule has 0 saturated heterocycles. The predicted molar refractivity (Wildman–Crippen MR) is 76.2 cm³/mol. The number of hydrogen-bond acceptors (Lipinski definition) is 3. The van der Waals surface area contributed by atoms with Gasteiger partial charge in [0.1, 0.15) is 0 Å². The molecule has 1 aliphatic rings. The fourth-order valence-electron chi connectivity index (χ4n) is 2.67. The highest BCUT2D eigenvalue weighted by Crippen LogP contribution is 2.31. The van der Waals surface area contributed by atoms with Gasteiger partial charge in [-0.25, -0.2) is 13.1 Å². The van der Waals surface area contributed by atoms with Crippen molar-refractivity contribution in [2.45, 2.75) is 45.4 Å². The highest BCUT2D eigenvalue weighted by molar-refractivity contribution is 7.88. The number of sulfonamides is 1. The summed E-state index contributed by atoms with van der Waals surface area (Å²) in [7, 11) is -3.16. The molecule has 0 aromatic rings. The highest BCUT2D eigenvalue weighted by atomic mass is 32.2. The average Bonchev–Trinajstić information content (AvgIpc) is 2.34. The fraction of sp³-hybridized carbons (Fsp3) is 0.923. The second-order valence-corrected chi connectivity index (χ2v) is 7.43. The first-order valence-electron chi connectivity index (χ1n) is 7.10. The maximum Gasteiger partial charge on any atom is 0.220 e. The summed E-state index contributed by atoms with van der Waals surface area (Å²) in [6.45, 7) is 2.75. The van der Waals surface area contributed by atoms with E-state index in [0.717, 1.165) is 6.26 Å². The van der Waals surface area contributed by atoms with Gasteiger partial charge in [0.05, 0.1) is 6.26 Å². The zero-order chi connectivity index (χ0) is 14.3. The van der Waals surface area contributed by atoms with Crippen molar-refractivity contribution >= 4 is 15.9 Å². The molecule has 0 aromatic heterocycles. The van der Waals surface area contributed by atoms with E-state index in [2.05, 4.69) is 17.0 Å². The van der Waals surface area contributed by atoms with Gasteiger partial charge in [0.2, 0.25) is 15.9 Å². The second-order valence-electron chi connectivity index (χ2n) is 5.60. The zero-order valence-electron chi connectivity index (χ0n) is 11.9. The van der Waals surface area contributed by atoms with Crippen LogP contribution in [0.15, 0.2) is 0 Å². The lowest BCUT2D eigenvalue weighted by molar-refractivity contribution is -0.122. The van der Waals surface area contributed by atoms with Gasteiger partial charge in [-0.05, 0) is 11.8 Å². The van der Waals surface area contributed by atoms with E-state index in [1.165, 1.54) is 32.1 Å². The van der Waals surface area contributed by atoms with Crippen molar-refractivity contribution in [3.05, 3.63) is 0 Å². The normalized spacial score (nSPS) is 19.1. The van der Waals surface area contributed by atoms with E-state index in [4.69, 9.17) is 0 Å². The van der Waals surface area contributed by atoms with Gasteiger partial charge in [0.15, 0.2) is 0 Å². The van der Waals surface area contributed by atoms with Crippen LogP contribution in [0.1, 0.15) is 45.4 Å². The van der Waals surface area contributed by atoms with E-state index in [-0.39, 0.29) is 12.5 Å². The highest BCUT2D eigenvalue weighted by Gasteiger charge is 2.21. The minimum Gasteiger partial charge on any atom is -0.355 e. The Bertz CT molecular complexity index is 375. The topological polar surface area (TPSA) is 75.3 Å². The summed E-state index contributed by atoms with van der Waals surface area (Å²) in [6.07, 6.45) is 8.04. The van der Waals surface area contributed by atoms with Crippen molar-refractivity contribution in [1.29, 1.82) is 0 Å². The summed E-state index contributed by atoms with van der Waals surface area (Å²) in [4.78, 5) is 11.7. The summed E-state index contributed by atoms with van der Waals surface area (Å²) < 4.78 is 24.0. The molecule has 6 heteroatoms. The van der Waals surface area contributed by atoms with E-state index in [9.17, 15) is 13.2 Å². The fourth-order valence-corrected chi connectivity index (χ4v) is 3.15. The van der Waals surface area contributed by atoms with Gasteiger partial charge >= 0.3 is 0 Å². The van der Waals surface area contributed by atoms with E-state index in [1.54, 1.807) is 0 Å². The molecule has 1 saturated carbocycles. The minimum absolute atomic E-state index is 0.0216. The summed E-state index contributed by atoms with van der Waals surface area (Å²) in [5.74, 6) is 1.12. The first-order chi connectivity index (χ1) is 8.88.